The molecule has 0 amide bonds. The van der Waals surface area contributed by atoms with Crippen molar-refractivity contribution in [1.29, 1.82) is 0 Å². The van der Waals surface area contributed by atoms with Crippen LogP contribution in [0.3, 0.4) is 0 Å². The Balaban J connectivity index is 0.00000196. The predicted molar refractivity (Wildman–Crippen MR) is 72.7 cm³/mol. The molecule has 0 N–H and O–H groups in total. The smallest absolute Gasteiger partial charge is 0.101 e. The number of rotatable bonds is 2. The molecule has 1 aromatic rings. The lowest BCUT2D eigenvalue weighted by Gasteiger charge is -2.20. The second kappa shape index (κ2) is 4.57. The van der Waals surface area contributed by atoms with Crippen molar-refractivity contribution in [2.75, 3.05) is 0 Å². The summed E-state index contributed by atoms with van der Waals surface area (Å²) in [5.41, 5.74) is 0. The lowest BCUT2D eigenvalue weighted by Crippen LogP contribution is -2.48. The molecule has 0 spiro atoms. The van der Waals surface area contributed by atoms with Gasteiger partial charge in [0.15, 0.2) is 0 Å². The molecule has 0 atom stereocenters. The first kappa shape index (κ1) is 14.5. The van der Waals surface area contributed by atoms with Crippen LogP contribution < -0.4 is 10.6 Å². The molecule has 0 radical (unpaired) electrons. The highest BCUT2D eigenvalue weighted by molar-refractivity contribution is 6.90. The maximum atomic E-state index is 4.84. The van der Waals surface area contributed by atoms with Crippen molar-refractivity contribution in [2.45, 2.75) is 39.3 Å². The third kappa shape index (κ3) is 3.87. The van der Waals surface area contributed by atoms with Gasteiger partial charge in [-0.05, 0) is 12.1 Å². The first-order valence-electron chi connectivity index (χ1n) is 5.19. The van der Waals surface area contributed by atoms with Crippen LogP contribution in [0.25, 0.3) is 0 Å². The Morgan fingerprint density at radius 2 is 1.13 bits per heavy atom. The molecule has 0 saturated carbocycles. The fraction of sp³-hybridized carbons (Fsp3) is 0.545. The van der Waals surface area contributed by atoms with Crippen LogP contribution >= 0.6 is 0 Å². The highest BCUT2D eigenvalue weighted by Gasteiger charge is 2.22. The second-order valence-corrected chi connectivity index (χ2v) is 15.9. The van der Waals surface area contributed by atoms with Gasteiger partial charge in [-0.25, -0.2) is 0 Å². The van der Waals surface area contributed by atoms with E-state index in [4.69, 9.17) is 4.98 Å². The molecule has 15 heavy (non-hydrogen) atoms. The van der Waals surface area contributed by atoms with Crippen LogP contribution in [-0.4, -0.2) is 21.1 Å². The van der Waals surface area contributed by atoms with Crippen molar-refractivity contribution in [2.24, 2.45) is 0 Å². The van der Waals surface area contributed by atoms with E-state index in [2.05, 4.69) is 57.5 Å². The van der Waals surface area contributed by atoms with E-state index in [0.29, 0.717) is 0 Å². The first-order chi connectivity index (χ1) is 6.21. The maximum Gasteiger partial charge on any atom is 0.101 e. The van der Waals surface area contributed by atoms with E-state index in [1.54, 1.807) is 0 Å². The zero-order valence-corrected chi connectivity index (χ0v) is 12.6. The summed E-state index contributed by atoms with van der Waals surface area (Å²) >= 11 is 0. The number of hydrogen-bond acceptors (Lipinski definition) is 1. The third-order valence-corrected chi connectivity index (χ3v) is 5.92. The number of aromatic nitrogens is 1. The van der Waals surface area contributed by atoms with Gasteiger partial charge in [0, 0.05) is 10.6 Å². The minimum Gasteiger partial charge on any atom is -0.269 e. The SMILES string of the molecule is C[Si](C)(C)c1cccc([Si](C)(C)C)n1.F. The summed E-state index contributed by atoms with van der Waals surface area (Å²) in [6, 6.07) is 6.56. The quantitative estimate of drug-likeness (QED) is 0.727. The van der Waals surface area contributed by atoms with Crippen LogP contribution in [0.15, 0.2) is 18.2 Å². The van der Waals surface area contributed by atoms with E-state index in [1.807, 2.05) is 0 Å². The fourth-order valence-corrected chi connectivity index (χ4v) is 3.49. The monoisotopic (exact) mass is 243 g/mol. The Morgan fingerprint density at radius 3 is 1.40 bits per heavy atom. The second-order valence-electron chi connectivity index (χ2n) is 5.91. The van der Waals surface area contributed by atoms with E-state index in [-0.39, 0.29) is 4.70 Å². The van der Waals surface area contributed by atoms with Crippen molar-refractivity contribution >= 4 is 26.8 Å². The largest absolute Gasteiger partial charge is 0.269 e. The number of hydrogen-bond donors (Lipinski definition) is 0. The summed E-state index contributed by atoms with van der Waals surface area (Å²) < 4.78 is 0. The summed E-state index contributed by atoms with van der Waals surface area (Å²) in [6.45, 7) is 14.1. The molecule has 1 rings (SSSR count). The molecule has 0 aliphatic carbocycles. The summed E-state index contributed by atoms with van der Waals surface area (Å²) in [5.74, 6) is 0. The van der Waals surface area contributed by atoms with Gasteiger partial charge in [-0.1, -0.05) is 45.3 Å². The van der Waals surface area contributed by atoms with E-state index < -0.39 is 16.1 Å². The molecule has 1 heterocycles. The number of pyridine rings is 1. The van der Waals surface area contributed by atoms with Gasteiger partial charge in [0.25, 0.3) is 0 Å². The van der Waals surface area contributed by atoms with Crippen LogP contribution in [0.5, 0.6) is 0 Å². The molecule has 86 valence electrons. The van der Waals surface area contributed by atoms with Crippen LogP contribution in [0.1, 0.15) is 0 Å². The first-order valence-corrected chi connectivity index (χ1v) is 12.2. The molecule has 4 heteroatoms. The Morgan fingerprint density at radius 1 is 0.800 bits per heavy atom. The van der Waals surface area contributed by atoms with Crippen molar-refractivity contribution in [1.82, 2.24) is 4.98 Å². The van der Waals surface area contributed by atoms with Crippen molar-refractivity contribution in [3.05, 3.63) is 18.2 Å². The summed E-state index contributed by atoms with van der Waals surface area (Å²) in [4.78, 5) is 4.84. The van der Waals surface area contributed by atoms with Gasteiger partial charge in [-0.3, -0.25) is 9.69 Å². The number of halogens is 1. The van der Waals surface area contributed by atoms with Crippen LogP contribution in [0.4, 0.5) is 4.70 Å². The Hall–Kier alpha value is -0.486. The van der Waals surface area contributed by atoms with Gasteiger partial charge in [0.1, 0.15) is 16.1 Å². The zero-order valence-electron chi connectivity index (χ0n) is 10.6. The maximum absolute atomic E-state index is 4.84. The standard InChI is InChI=1S/C11H21NSi2.FH/c1-13(2,3)10-8-7-9-11(12-10)14(4,5)6;/h7-9H,1-6H3;1H. The van der Waals surface area contributed by atoms with Gasteiger partial charge in [-0.2, -0.15) is 0 Å². The predicted octanol–water partition coefficient (Wildman–Crippen LogP) is 2.32. The highest BCUT2D eigenvalue weighted by atomic mass is 28.3. The summed E-state index contributed by atoms with van der Waals surface area (Å²) in [5, 5.41) is 2.69. The molecule has 0 saturated heterocycles. The Bertz CT molecular complexity index is 297. The molecule has 0 aromatic carbocycles. The normalized spacial score (nSPS) is 12.1. The topological polar surface area (TPSA) is 12.9 Å². The molecule has 1 nitrogen and oxygen atoms in total. The third-order valence-electron chi connectivity index (χ3n) is 2.29. The molecular weight excluding hydrogens is 221 g/mol. The van der Waals surface area contributed by atoms with Crippen LogP contribution in [-0.2, 0) is 0 Å². The average molecular weight is 243 g/mol. The summed E-state index contributed by atoms with van der Waals surface area (Å²) in [7, 11) is -2.46. The molecule has 0 unspecified atom stereocenters. The molecule has 0 aliphatic heterocycles. The number of nitrogens with zero attached hydrogens (tertiary/aromatic N) is 1. The van der Waals surface area contributed by atoms with Crippen molar-refractivity contribution < 1.29 is 4.70 Å². The van der Waals surface area contributed by atoms with Crippen LogP contribution in [0, 0.1) is 0 Å². The van der Waals surface area contributed by atoms with Crippen LogP contribution in [0.2, 0.25) is 39.3 Å². The minimum absolute atomic E-state index is 0. The average Bonchev–Trinajstić information content (AvgIpc) is 2.01. The lowest BCUT2D eigenvalue weighted by molar-refractivity contribution is 1.11. The van der Waals surface area contributed by atoms with Gasteiger partial charge in [-0.15, -0.1) is 0 Å². The lowest BCUT2D eigenvalue weighted by atomic mass is 10.5. The molecular formula is C11H22FNSi2. The molecule has 0 bridgehead atoms. The Kier molecular flexibility index (Phi) is 4.42. The molecule has 1 aromatic heterocycles. The summed E-state index contributed by atoms with van der Waals surface area (Å²) in [6.07, 6.45) is 0. The van der Waals surface area contributed by atoms with Crippen molar-refractivity contribution in [3.63, 3.8) is 0 Å². The van der Waals surface area contributed by atoms with Gasteiger partial charge in [0.05, 0.1) is 0 Å². The zero-order chi connectivity index (χ0) is 11.0. The highest BCUT2D eigenvalue weighted by Crippen LogP contribution is 2.02. The van der Waals surface area contributed by atoms with Gasteiger partial charge < -0.3 is 0 Å². The van der Waals surface area contributed by atoms with Crippen molar-refractivity contribution in [3.8, 4) is 0 Å². The van der Waals surface area contributed by atoms with E-state index in [0.717, 1.165) is 0 Å². The van der Waals surface area contributed by atoms with E-state index >= 15 is 0 Å². The Labute approximate surface area is 94.3 Å². The van der Waals surface area contributed by atoms with E-state index in [9.17, 15) is 0 Å². The molecule has 0 fully saturated rings. The van der Waals surface area contributed by atoms with Gasteiger partial charge in [0.2, 0.25) is 0 Å². The molecule has 0 aliphatic rings. The van der Waals surface area contributed by atoms with E-state index in [1.165, 1.54) is 10.6 Å². The minimum atomic E-state index is -1.23. The fourth-order valence-electron chi connectivity index (χ4n) is 1.27. The van der Waals surface area contributed by atoms with Gasteiger partial charge >= 0.3 is 0 Å².